The SMILES string of the molecule is O=c1c2c[nH]c3c(c-2nn1-c1ccc(Cl)cc1)CCC3. The van der Waals surface area contributed by atoms with Crippen molar-refractivity contribution < 1.29 is 0 Å². The van der Waals surface area contributed by atoms with Gasteiger partial charge < -0.3 is 4.98 Å². The first kappa shape index (κ1) is 11.7. The molecule has 100 valence electrons. The number of aryl methyl sites for hydroxylation is 1. The maximum Gasteiger partial charge on any atom is 0.282 e. The molecule has 0 bridgehead atoms. The first-order chi connectivity index (χ1) is 9.74. The summed E-state index contributed by atoms with van der Waals surface area (Å²) in [5, 5.41) is 5.17. The van der Waals surface area contributed by atoms with Crippen LogP contribution in [-0.4, -0.2) is 14.8 Å². The molecule has 2 heterocycles. The second-order valence-corrected chi connectivity index (χ2v) is 5.49. The van der Waals surface area contributed by atoms with E-state index in [0.717, 1.165) is 30.6 Å². The normalized spacial score (nSPS) is 13.8. The van der Waals surface area contributed by atoms with Crippen LogP contribution >= 0.6 is 11.6 Å². The molecule has 0 saturated heterocycles. The predicted octanol–water partition coefficient (Wildman–Crippen LogP) is 2.81. The highest BCUT2D eigenvalue weighted by molar-refractivity contribution is 6.30. The molecule has 0 unspecified atom stereocenters. The van der Waals surface area contributed by atoms with Gasteiger partial charge in [0.15, 0.2) is 0 Å². The Bertz CT molecular complexity index is 816. The third-order valence-corrected chi connectivity index (χ3v) is 4.10. The molecule has 1 aromatic carbocycles. The van der Waals surface area contributed by atoms with Crippen LogP contribution in [0, 0.1) is 0 Å². The number of H-pyrrole nitrogens is 1. The van der Waals surface area contributed by atoms with Crippen molar-refractivity contribution in [2.24, 2.45) is 0 Å². The van der Waals surface area contributed by atoms with Crippen LogP contribution in [0.15, 0.2) is 35.3 Å². The zero-order chi connectivity index (χ0) is 13.7. The summed E-state index contributed by atoms with van der Waals surface area (Å²) in [6, 6.07) is 7.14. The maximum atomic E-state index is 12.5. The number of pyridine rings is 1. The lowest BCUT2D eigenvalue weighted by molar-refractivity contribution is 0.851. The van der Waals surface area contributed by atoms with Gasteiger partial charge in [-0.1, -0.05) is 11.6 Å². The molecule has 0 aromatic heterocycles. The minimum atomic E-state index is -0.0896. The summed E-state index contributed by atoms with van der Waals surface area (Å²) < 4.78 is 1.45. The fraction of sp³-hybridized carbons (Fsp3) is 0.200. The van der Waals surface area contributed by atoms with Crippen LogP contribution in [0.2, 0.25) is 5.02 Å². The highest BCUT2D eigenvalue weighted by Gasteiger charge is 2.24. The fourth-order valence-corrected chi connectivity index (χ4v) is 2.97. The van der Waals surface area contributed by atoms with Crippen LogP contribution in [0.3, 0.4) is 0 Å². The van der Waals surface area contributed by atoms with Crippen molar-refractivity contribution in [3.05, 3.63) is 57.1 Å². The summed E-state index contributed by atoms with van der Waals surface area (Å²) >= 11 is 5.88. The highest BCUT2D eigenvalue weighted by Crippen LogP contribution is 2.29. The number of aromatic amines is 1. The number of rotatable bonds is 1. The number of nitrogens with zero attached hydrogens (tertiary/aromatic N) is 2. The van der Waals surface area contributed by atoms with E-state index in [2.05, 4.69) is 10.1 Å². The quantitative estimate of drug-likeness (QED) is 0.747. The lowest BCUT2D eigenvalue weighted by Gasteiger charge is -2.02. The lowest BCUT2D eigenvalue weighted by atomic mass is 10.1. The summed E-state index contributed by atoms with van der Waals surface area (Å²) in [6.07, 6.45) is 4.92. The number of fused-ring (bicyclic) bond motifs is 3. The van der Waals surface area contributed by atoms with Gasteiger partial charge in [0, 0.05) is 16.9 Å². The third kappa shape index (κ3) is 1.61. The van der Waals surface area contributed by atoms with Gasteiger partial charge in [0.05, 0.1) is 11.3 Å². The highest BCUT2D eigenvalue weighted by atomic mass is 35.5. The number of benzene rings is 1. The summed E-state index contributed by atoms with van der Waals surface area (Å²) in [6.45, 7) is 0. The molecule has 2 aliphatic heterocycles. The minimum Gasteiger partial charge on any atom is -0.364 e. The molecular formula is C15H12ClN3O. The molecule has 0 radical (unpaired) electrons. The van der Waals surface area contributed by atoms with E-state index >= 15 is 0 Å². The molecular weight excluding hydrogens is 274 g/mol. The molecule has 0 spiro atoms. The Morgan fingerprint density at radius 3 is 2.80 bits per heavy atom. The monoisotopic (exact) mass is 285 g/mol. The van der Waals surface area contributed by atoms with E-state index in [1.165, 1.54) is 15.9 Å². The molecule has 20 heavy (non-hydrogen) atoms. The molecule has 0 amide bonds. The molecule has 0 saturated carbocycles. The third-order valence-electron chi connectivity index (χ3n) is 3.84. The zero-order valence-electron chi connectivity index (χ0n) is 10.7. The summed E-state index contributed by atoms with van der Waals surface area (Å²) in [5.41, 5.74) is 4.53. The van der Waals surface area contributed by atoms with Crippen LogP contribution in [0.5, 0.6) is 0 Å². The van der Waals surface area contributed by atoms with Gasteiger partial charge in [-0.3, -0.25) is 4.79 Å². The summed E-state index contributed by atoms with van der Waals surface area (Å²) in [4.78, 5) is 15.7. The smallest absolute Gasteiger partial charge is 0.282 e. The van der Waals surface area contributed by atoms with Gasteiger partial charge >= 0.3 is 0 Å². The number of aromatic nitrogens is 3. The number of nitrogens with one attached hydrogen (secondary N) is 1. The van der Waals surface area contributed by atoms with Crippen molar-refractivity contribution >= 4 is 11.6 Å². The molecule has 1 aliphatic carbocycles. The van der Waals surface area contributed by atoms with Crippen molar-refractivity contribution in [1.29, 1.82) is 0 Å². The Kier molecular flexibility index (Phi) is 2.47. The van der Waals surface area contributed by atoms with E-state index in [4.69, 9.17) is 11.6 Å². The van der Waals surface area contributed by atoms with E-state index in [-0.39, 0.29) is 5.56 Å². The van der Waals surface area contributed by atoms with Crippen molar-refractivity contribution in [2.75, 3.05) is 0 Å². The predicted molar refractivity (Wildman–Crippen MR) is 77.8 cm³/mol. The van der Waals surface area contributed by atoms with Gasteiger partial charge in [0.2, 0.25) is 0 Å². The van der Waals surface area contributed by atoms with E-state index in [1.807, 2.05) is 0 Å². The average Bonchev–Trinajstić information content (AvgIpc) is 3.04. The van der Waals surface area contributed by atoms with Crippen molar-refractivity contribution in [2.45, 2.75) is 19.3 Å². The van der Waals surface area contributed by atoms with E-state index in [0.29, 0.717) is 10.6 Å². The molecule has 1 N–H and O–H groups in total. The molecule has 4 rings (SSSR count). The van der Waals surface area contributed by atoms with E-state index in [1.54, 1.807) is 30.5 Å². The van der Waals surface area contributed by atoms with Crippen molar-refractivity contribution in [1.82, 2.24) is 14.8 Å². The first-order valence-corrected chi connectivity index (χ1v) is 7.00. The van der Waals surface area contributed by atoms with Crippen LogP contribution < -0.4 is 5.56 Å². The van der Waals surface area contributed by atoms with E-state index in [9.17, 15) is 4.79 Å². The second-order valence-electron chi connectivity index (χ2n) is 5.05. The number of halogens is 1. The Morgan fingerprint density at radius 1 is 1.20 bits per heavy atom. The summed E-state index contributed by atoms with van der Waals surface area (Å²) in [5.74, 6) is 0. The maximum absolute atomic E-state index is 12.5. The number of hydrogen-bond donors (Lipinski definition) is 1. The van der Waals surface area contributed by atoms with Gasteiger partial charge in [0.25, 0.3) is 5.56 Å². The van der Waals surface area contributed by atoms with Crippen molar-refractivity contribution in [3.63, 3.8) is 0 Å². The topological polar surface area (TPSA) is 50.7 Å². The van der Waals surface area contributed by atoms with Crippen LogP contribution in [0.25, 0.3) is 16.9 Å². The Morgan fingerprint density at radius 2 is 2.00 bits per heavy atom. The van der Waals surface area contributed by atoms with Gasteiger partial charge in [-0.2, -0.15) is 9.78 Å². The van der Waals surface area contributed by atoms with Gasteiger partial charge in [0.1, 0.15) is 5.69 Å². The fourth-order valence-electron chi connectivity index (χ4n) is 2.85. The standard InChI is InChI=1S/C15H12ClN3O/c16-9-4-6-10(7-5-9)19-15(20)12-8-17-13-3-1-2-11(13)14(12)18-19/h4-8,17H,1-3H2. The Hall–Kier alpha value is -2.07. The average molecular weight is 286 g/mol. The molecule has 4 nitrogen and oxygen atoms in total. The van der Waals surface area contributed by atoms with Crippen LogP contribution in [0.1, 0.15) is 17.7 Å². The summed E-state index contributed by atoms with van der Waals surface area (Å²) in [7, 11) is 0. The zero-order valence-corrected chi connectivity index (χ0v) is 11.4. The molecule has 1 aromatic rings. The lowest BCUT2D eigenvalue weighted by Crippen LogP contribution is -2.14. The van der Waals surface area contributed by atoms with Gasteiger partial charge in [-0.15, -0.1) is 0 Å². The van der Waals surface area contributed by atoms with Crippen LogP contribution in [-0.2, 0) is 12.8 Å². The van der Waals surface area contributed by atoms with Gasteiger partial charge in [-0.05, 0) is 49.1 Å². The minimum absolute atomic E-state index is 0.0896. The first-order valence-electron chi connectivity index (χ1n) is 6.62. The molecule has 3 aliphatic rings. The molecule has 5 heteroatoms. The Labute approximate surface area is 120 Å². The number of hydrogen-bond acceptors (Lipinski definition) is 2. The molecule has 0 fully saturated rings. The van der Waals surface area contributed by atoms with E-state index < -0.39 is 0 Å². The largest absolute Gasteiger partial charge is 0.364 e. The van der Waals surface area contributed by atoms with Gasteiger partial charge in [-0.25, -0.2) is 0 Å². The van der Waals surface area contributed by atoms with Crippen LogP contribution in [0.4, 0.5) is 0 Å². The van der Waals surface area contributed by atoms with Crippen molar-refractivity contribution in [3.8, 4) is 16.9 Å². The molecule has 0 atom stereocenters. The Balaban J connectivity index is 1.97. The second kappa shape index (κ2) is 4.21.